The molecule has 21 heteroatoms. The molecule has 1 fully saturated rings. The third-order valence-electron chi connectivity index (χ3n) is 6.23. The topological polar surface area (TPSA) is 187 Å². The number of H-pyrrole nitrogens is 1. The summed E-state index contributed by atoms with van der Waals surface area (Å²) in [7, 11) is 2.94. The first-order valence-corrected chi connectivity index (χ1v) is 15.0. The number of ether oxygens (including phenoxy) is 1. The summed E-state index contributed by atoms with van der Waals surface area (Å²) in [4.78, 5) is 35.6. The smallest absolute Gasteiger partial charge is 0.279 e. The molecule has 4 aromatic heterocycles. The molecule has 0 saturated carbocycles. The number of fused-ring (bicyclic) bond motifs is 6. The van der Waals surface area contributed by atoms with Gasteiger partial charge in [-0.15, -0.1) is 0 Å². The molecule has 0 spiro atoms. The van der Waals surface area contributed by atoms with Gasteiger partial charge in [0.15, 0.2) is 29.2 Å². The first kappa shape index (κ1) is 27.4. The number of nitrogens with zero attached hydrogens (tertiary/aromatic N) is 7. The molecule has 0 aliphatic carbocycles. The molecule has 4 aromatic rings. The molecule has 0 aromatic carbocycles. The van der Waals surface area contributed by atoms with E-state index in [2.05, 4.69) is 29.9 Å². The lowest BCUT2D eigenvalue weighted by molar-refractivity contribution is -0.0446. The second-order valence-corrected chi connectivity index (χ2v) is 12.1. The van der Waals surface area contributed by atoms with Crippen LogP contribution in [0.3, 0.4) is 0 Å². The molecule has 206 valence electrons. The predicted molar refractivity (Wildman–Crippen MR) is 135 cm³/mol. The van der Waals surface area contributed by atoms with Crippen LogP contribution in [0.25, 0.3) is 22.3 Å². The molecule has 0 amide bonds. The van der Waals surface area contributed by atoms with E-state index in [0.717, 1.165) is 0 Å². The van der Waals surface area contributed by atoms with Crippen LogP contribution in [0.5, 0.6) is 0 Å². The van der Waals surface area contributed by atoms with Gasteiger partial charge < -0.3 is 32.4 Å². The molecule has 6 rings (SSSR count). The van der Waals surface area contributed by atoms with Gasteiger partial charge in [-0.05, 0) is 6.92 Å². The van der Waals surface area contributed by atoms with Crippen molar-refractivity contribution >= 4 is 52.4 Å². The fourth-order valence-electron chi connectivity index (χ4n) is 4.48. The highest BCUT2D eigenvalue weighted by Crippen LogP contribution is 2.51. The van der Waals surface area contributed by atoms with E-state index in [0.29, 0.717) is 11.2 Å². The first-order valence-electron chi connectivity index (χ1n) is 11.8. The number of halogens is 1. The maximum atomic E-state index is 15.8. The number of aryl methyl sites for hydroxylation is 1. The van der Waals surface area contributed by atoms with Crippen molar-refractivity contribution < 1.29 is 36.4 Å². The Morgan fingerprint density at radius 1 is 1.12 bits per heavy atom. The molecule has 1 N–H and O–H groups in total. The zero-order valence-electron chi connectivity index (χ0n) is 20.7. The summed E-state index contributed by atoms with van der Waals surface area (Å²) < 4.78 is 71.8. The molecule has 6 heterocycles. The summed E-state index contributed by atoms with van der Waals surface area (Å²) >= 11 is 0. The molecule has 40 heavy (non-hydrogen) atoms. The summed E-state index contributed by atoms with van der Waals surface area (Å²) in [5.74, 6) is 0.451. The fourth-order valence-corrected chi connectivity index (χ4v) is 6.16. The van der Waals surface area contributed by atoms with E-state index in [4.69, 9.17) is 38.0 Å². The van der Waals surface area contributed by atoms with E-state index in [9.17, 15) is 13.9 Å². The number of aromatic amines is 1. The molecule has 4 radical (unpaired) electrons. The van der Waals surface area contributed by atoms with E-state index in [1.54, 1.807) is 6.92 Å². The minimum absolute atomic E-state index is 0.0402. The largest absolute Gasteiger partial charge is 0.346 e. The summed E-state index contributed by atoms with van der Waals surface area (Å²) in [6, 6.07) is 0. The van der Waals surface area contributed by atoms with Crippen molar-refractivity contribution in [3.05, 3.63) is 40.9 Å². The van der Waals surface area contributed by atoms with E-state index in [1.807, 2.05) is 0 Å². The molecular formula is C19H19B2FN8O8P2. The van der Waals surface area contributed by atoms with Crippen LogP contribution in [0.15, 0.2) is 23.6 Å². The Labute approximate surface area is 226 Å². The number of nitrogens with one attached hydrogen (secondary N) is 1. The average Bonchev–Trinajstić information content (AvgIpc) is 3.55. The van der Waals surface area contributed by atoms with Crippen molar-refractivity contribution in [2.45, 2.75) is 44.7 Å². The first-order chi connectivity index (χ1) is 19.0. The lowest BCUT2D eigenvalue weighted by atomic mass is 10.1. The van der Waals surface area contributed by atoms with Gasteiger partial charge in [0.25, 0.3) is 20.5 Å². The normalized spacial score (nSPS) is 32.0. The predicted octanol–water partition coefficient (Wildman–Crippen LogP) is 1.01. The van der Waals surface area contributed by atoms with Crippen LogP contribution >= 0.6 is 14.9 Å². The van der Waals surface area contributed by atoms with E-state index >= 15 is 4.39 Å². The quantitative estimate of drug-likeness (QED) is 0.245. The zero-order valence-corrected chi connectivity index (χ0v) is 22.5. The standard InChI is InChI=1S/C19H19B2FN8O8P2/c1-9-26-17-14(18(31)27-9)25-8-30(17)19-15-13(22)11(37-19)5-35-39(20,32)34-3-2-29-12(6-36-40(21,33)38-15)28-10-4-23-7-24-16(10)29/h4,7-8,11,13,15,19H,2-3,5-6H2,1H3,(H,26,27,31)/t11-,13-,15-,19-,39?,40?/m1/s1. The van der Waals surface area contributed by atoms with Crippen molar-refractivity contribution in [3.8, 4) is 0 Å². The maximum absolute atomic E-state index is 15.8. The van der Waals surface area contributed by atoms with Gasteiger partial charge in [0.1, 0.15) is 42.3 Å². The molecule has 2 aliphatic heterocycles. The Hall–Kier alpha value is -2.78. The molecule has 2 aliphatic rings. The fraction of sp³-hybridized carbons (Fsp3) is 0.474. The molecule has 2 bridgehead atoms. The van der Waals surface area contributed by atoms with Gasteiger partial charge in [0.2, 0.25) is 15.1 Å². The Morgan fingerprint density at radius 3 is 2.77 bits per heavy atom. The highest BCUT2D eigenvalue weighted by molar-refractivity contribution is 7.79. The summed E-state index contributed by atoms with van der Waals surface area (Å²) in [6.07, 6.45) is -2.62. The van der Waals surface area contributed by atoms with E-state index in [1.165, 1.54) is 28.0 Å². The monoisotopic (exact) mass is 590 g/mol. The second-order valence-electron chi connectivity index (χ2n) is 8.95. The Balaban J connectivity index is 1.38. The van der Waals surface area contributed by atoms with Gasteiger partial charge in [-0.25, -0.2) is 29.3 Å². The lowest BCUT2D eigenvalue weighted by Crippen LogP contribution is -2.32. The molecule has 2 unspecified atom stereocenters. The minimum Gasteiger partial charge on any atom is -0.346 e. The Kier molecular flexibility index (Phi) is 7.02. The highest BCUT2D eigenvalue weighted by atomic mass is 31.2. The van der Waals surface area contributed by atoms with Gasteiger partial charge in [0, 0.05) is 6.54 Å². The van der Waals surface area contributed by atoms with Gasteiger partial charge >= 0.3 is 0 Å². The third-order valence-corrected chi connectivity index (χ3v) is 8.30. The van der Waals surface area contributed by atoms with Gasteiger partial charge in [0.05, 0.1) is 25.7 Å². The third kappa shape index (κ3) is 5.18. The number of aromatic nitrogens is 8. The van der Waals surface area contributed by atoms with E-state index in [-0.39, 0.29) is 36.0 Å². The Morgan fingerprint density at radius 2 is 1.95 bits per heavy atom. The van der Waals surface area contributed by atoms with Gasteiger partial charge in [-0.2, -0.15) is 0 Å². The van der Waals surface area contributed by atoms with Crippen molar-refractivity contribution in [3.63, 3.8) is 0 Å². The number of hydrogen-bond donors (Lipinski definition) is 1. The summed E-state index contributed by atoms with van der Waals surface area (Å²) in [5, 5.41) is 0. The van der Waals surface area contributed by atoms with Gasteiger partial charge in [-0.1, -0.05) is 0 Å². The van der Waals surface area contributed by atoms with Crippen LogP contribution < -0.4 is 5.56 Å². The summed E-state index contributed by atoms with van der Waals surface area (Å²) in [5.41, 5.74) is 0.202. The van der Waals surface area contributed by atoms with Crippen LogP contribution in [-0.4, -0.2) is 85.8 Å². The summed E-state index contributed by atoms with van der Waals surface area (Å²) in [6.45, 7) is 0.294. The van der Waals surface area contributed by atoms with Crippen molar-refractivity contribution in [2.75, 3.05) is 13.2 Å². The number of rotatable bonds is 1. The van der Waals surface area contributed by atoms with Crippen LogP contribution in [0, 0.1) is 6.92 Å². The molecular weight excluding hydrogens is 571 g/mol. The van der Waals surface area contributed by atoms with Crippen molar-refractivity contribution in [1.82, 2.24) is 39.0 Å². The maximum Gasteiger partial charge on any atom is 0.279 e. The number of hydrogen-bond acceptors (Lipinski definition) is 13. The van der Waals surface area contributed by atoms with Crippen molar-refractivity contribution in [2.24, 2.45) is 0 Å². The van der Waals surface area contributed by atoms with Crippen LogP contribution in [0.1, 0.15) is 17.9 Å². The van der Waals surface area contributed by atoms with E-state index < -0.39 is 58.3 Å². The number of imidazole rings is 2. The Bertz CT molecular complexity index is 1750. The lowest BCUT2D eigenvalue weighted by Gasteiger charge is -2.25. The van der Waals surface area contributed by atoms with Crippen LogP contribution in [0.4, 0.5) is 4.39 Å². The molecule has 1 saturated heterocycles. The molecule has 16 nitrogen and oxygen atoms in total. The average molecular weight is 590 g/mol. The highest BCUT2D eigenvalue weighted by Gasteiger charge is 2.50. The number of alkyl halides is 1. The van der Waals surface area contributed by atoms with Crippen LogP contribution in [0.2, 0.25) is 0 Å². The molecule has 6 atom stereocenters. The van der Waals surface area contributed by atoms with Crippen LogP contribution in [-0.2, 0) is 45.1 Å². The minimum atomic E-state index is -4.48. The zero-order chi connectivity index (χ0) is 28.2. The van der Waals surface area contributed by atoms with Crippen molar-refractivity contribution in [1.29, 1.82) is 0 Å². The van der Waals surface area contributed by atoms with Gasteiger partial charge in [-0.3, -0.25) is 18.5 Å². The SMILES string of the molecule is [B]P1(=O)OCCn2c(nc3cncnc32)COP([B])(=O)O[C@@H]2[C@H](F)[C@@H](CO1)O[C@H]2n1cnc2c(=O)[nH]c(C)nc21. The second kappa shape index (κ2) is 10.2.